The standard InChI is InChI=1S/C18H23N3O5S2/c1-4-11(28-16-18(24)26-20-21(16)2)14(22)19-15-13(17(23)25-3)10-8-6-5-7-9-12(10)27-15/h11H,4-9H2,1-3H3,(H-,19,20,22,23,24)/p+1. The molecule has 1 aliphatic rings. The molecular formula is C18H24N3O5S2+. The summed E-state index contributed by atoms with van der Waals surface area (Å²) < 4.78 is 11.2. The summed E-state index contributed by atoms with van der Waals surface area (Å²) in [4.78, 5) is 38.3. The van der Waals surface area contributed by atoms with Crippen molar-refractivity contribution in [2.24, 2.45) is 7.05 Å². The van der Waals surface area contributed by atoms with E-state index in [1.165, 1.54) is 23.1 Å². The van der Waals surface area contributed by atoms with Crippen molar-refractivity contribution < 1.29 is 23.5 Å². The Morgan fingerprint density at radius 2 is 2.11 bits per heavy atom. The van der Waals surface area contributed by atoms with Gasteiger partial charge in [0.05, 0.1) is 17.9 Å². The van der Waals surface area contributed by atoms with Crippen molar-refractivity contribution in [3.05, 3.63) is 26.4 Å². The molecular weight excluding hydrogens is 402 g/mol. The van der Waals surface area contributed by atoms with E-state index in [1.54, 1.807) is 7.05 Å². The van der Waals surface area contributed by atoms with Gasteiger partial charge in [-0.05, 0) is 54.7 Å². The lowest BCUT2D eigenvalue weighted by molar-refractivity contribution is -0.772. The van der Waals surface area contributed by atoms with E-state index < -0.39 is 16.8 Å². The lowest BCUT2D eigenvalue weighted by Crippen LogP contribution is -2.35. The van der Waals surface area contributed by atoms with Crippen molar-refractivity contribution in [2.45, 2.75) is 55.7 Å². The van der Waals surface area contributed by atoms with Crippen LogP contribution in [0.4, 0.5) is 5.00 Å². The van der Waals surface area contributed by atoms with Gasteiger partial charge in [-0.15, -0.1) is 11.3 Å². The molecule has 0 radical (unpaired) electrons. The van der Waals surface area contributed by atoms with Crippen molar-refractivity contribution >= 4 is 40.0 Å². The van der Waals surface area contributed by atoms with Crippen molar-refractivity contribution in [2.75, 3.05) is 12.4 Å². The van der Waals surface area contributed by atoms with Gasteiger partial charge in [-0.1, -0.05) is 18.0 Å². The summed E-state index contributed by atoms with van der Waals surface area (Å²) in [5, 5.41) is 5.70. The van der Waals surface area contributed by atoms with Gasteiger partial charge in [0.2, 0.25) is 5.91 Å². The number of esters is 1. The Hall–Kier alpha value is -2.07. The fourth-order valence-electron chi connectivity index (χ4n) is 3.26. The summed E-state index contributed by atoms with van der Waals surface area (Å²) in [7, 11) is 2.99. The maximum atomic E-state index is 12.9. The first kappa shape index (κ1) is 20.7. The number of thioether (sulfide) groups is 1. The second kappa shape index (κ2) is 8.95. The summed E-state index contributed by atoms with van der Waals surface area (Å²) in [6.07, 6.45) is 5.47. The molecule has 1 unspecified atom stereocenters. The second-order valence-corrected chi connectivity index (χ2v) is 8.91. The first-order valence-electron chi connectivity index (χ1n) is 9.24. The smallest absolute Gasteiger partial charge is 0.441 e. The van der Waals surface area contributed by atoms with Crippen LogP contribution in [0.2, 0.25) is 0 Å². The Labute approximate surface area is 170 Å². The molecule has 2 heterocycles. The number of amides is 1. The monoisotopic (exact) mass is 426 g/mol. The SMILES string of the molecule is CCC(Sc1c(=O)o[nH][n+]1C)C(=O)Nc1sc2c(c1C(=O)OC)CCCCC2. The first-order chi connectivity index (χ1) is 13.5. The van der Waals surface area contributed by atoms with Crippen LogP contribution in [0.25, 0.3) is 0 Å². The fourth-order valence-corrected chi connectivity index (χ4v) is 5.47. The molecule has 2 aromatic heterocycles. The van der Waals surface area contributed by atoms with E-state index >= 15 is 0 Å². The van der Waals surface area contributed by atoms with Crippen LogP contribution in [0.3, 0.4) is 0 Å². The molecule has 1 aliphatic carbocycles. The molecule has 152 valence electrons. The number of hydrogen-bond acceptors (Lipinski definition) is 7. The number of anilines is 1. The highest BCUT2D eigenvalue weighted by atomic mass is 32.2. The highest BCUT2D eigenvalue weighted by molar-refractivity contribution is 8.00. The zero-order valence-corrected chi connectivity index (χ0v) is 17.8. The summed E-state index contributed by atoms with van der Waals surface area (Å²) in [6.45, 7) is 1.87. The molecule has 0 saturated carbocycles. The number of nitrogens with zero attached hydrogens (tertiary/aromatic N) is 1. The Kier molecular flexibility index (Phi) is 6.61. The number of fused-ring (bicyclic) bond motifs is 1. The fraction of sp³-hybridized carbons (Fsp3) is 0.556. The number of rotatable bonds is 6. The first-order valence-corrected chi connectivity index (χ1v) is 10.9. The van der Waals surface area contributed by atoms with Crippen molar-refractivity contribution in [3.63, 3.8) is 0 Å². The molecule has 0 aliphatic heterocycles. The van der Waals surface area contributed by atoms with Gasteiger partial charge in [-0.2, -0.15) is 0 Å². The number of carbonyl (C=O) groups is 2. The third kappa shape index (κ3) is 4.17. The van der Waals surface area contributed by atoms with Gasteiger partial charge >= 0.3 is 16.6 Å². The molecule has 0 aromatic carbocycles. The van der Waals surface area contributed by atoms with Crippen LogP contribution >= 0.6 is 23.1 Å². The van der Waals surface area contributed by atoms with Gasteiger partial charge in [0, 0.05) is 4.88 Å². The van der Waals surface area contributed by atoms with E-state index in [-0.39, 0.29) is 5.91 Å². The zero-order chi connectivity index (χ0) is 20.3. The zero-order valence-electron chi connectivity index (χ0n) is 16.1. The third-order valence-corrected chi connectivity index (χ3v) is 7.42. The van der Waals surface area contributed by atoms with Crippen LogP contribution in [-0.4, -0.2) is 29.5 Å². The number of carbonyl (C=O) groups excluding carboxylic acids is 2. The van der Waals surface area contributed by atoms with Gasteiger partial charge in [0.1, 0.15) is 5.00 Å². The molecule has 8 nitrogen and oxygen atoms in total. The maximum absolute atomic E-state index is 12.9. The van der Waals surface area contributed by atoms with Crippen molar-refractivity contribution in [3.8, 4) is 0 Å². The highest BCUT2D eigenvalue weighted by Gasteiger charge is 2.30. The summed E-state index contributed by atoms with van der Waals surface area (Å²) in [5.74, 6) is -0.678. The van der Waals surface area contributed by atoms with Crippen molar-refractivity contribution in [1.29, 1.82) is 0 Å². The number of methoxy groups -OCH3 is 1. The molecule has 1 atom stereocenters. The number of nitrogens with one attached hydrogen (secondary N) is 2. The molecule has 0 spiro atoms. The lowest BCUT2D eigenvalue weighted by Gasteiger charge is -2.12. The van der Waals surface area contributed by atoms with Gasteiger partial charge in [-0.25, -0.2) is 9.59 Å². The van der Waals surface area contributed by atoms with Gasteiger partial charge in [0.25, 0.3) is 0 Å². The van der Waals surface area contributed by atoms with E-state index in [0.29, 0.717) is 22.0 Å². The molecule has 28 heavy (non-hydrogen) atoms. The van der Waals surface area contributed by atoms with Crippen molar-refractivity contribution in [1.82, 2.24) is 5.27 Å². The average Bonchev–Trinajstić information content (AvgIpc) is 3.08. The Morgan fingerprint density at radius 1 is 1.36 bits per heavy atom. The molecule has 0 bridgehead atoms. The summed E-state index contributed by atoms with van der Waals surface area (Å²) in [6, 6.07) is 0. The van der Waals surface area contributed by atoms with E-state index in [0.717, 1.165) is 54.3 Å². The van der Waals surface area contributed by atoms with E-state index in [9.17, 15) is 14.4 Å². The normalized spacial score (nSPS) is 14.8. The summed E-state index contributed by atoms with van der Waals surface area (Å²) in [5.41, 5.74) is 0.962. The quantitative estimate of drug-likeness (QED) is 0.318. The molecule has 0 fully saturated rings. The number of ether oxygens (including phenoxy) is 1. The number of H-pyrrole nitrogens is 1. The maximum Gasteiger partial charge on any atom is 0.441 e. The van der Waals surface area contributed by atoms with Crippen LogP contribution in [0.1, 0.15) is 53.4 Å². The molecule has 2 N–H and O–H groups in total. The third-order valence-electron chi connectivity index (χ3n) is 4.72. The van der Waals surface area contributed by atoms with Gasteiger partial charge in [0.15, 0.2) is 7.05 Å². The number of aromatic amines is 1. The van der Waals surface area contributed by atoms with E-state index in [2.05, 4.69) is 10.6 Å². The highest BCUT2D eigenvalue weighted by Crippen LogP contribution is 2.38. The van der Waals surface area contributed by atoms with Gasteiger partial charge in [-0.3, -0.25) is 9.32 Å². The lowest BCUT2D eigenvalue weighted by atomic mass is 10.1. The minimum atomic E-state index is -0.517. The van der Waals surface area contributed by atoms with E-state index in [1.807, 2.05) is 6.92 Å². The largest absolute Gasteiger partial charge is 0.465 e. The minimum Gasteiger partial charge on any atom is -0.465 e. The molecule has 1 amide bonds. The topological polar surface area (TPSA) is 105 Å². The molecule has 0 saturated heterocycles. The number of aryl methyl sites for hydroxylation is 2. The number of aromatic nitrogens is 2. The Balaban J connectivity index is 1.86. The van der Waals surface area contributed by atoms with Crippen LogP contribution in [0, 0.1) is 0 Å². The Bertz CT molecular complexity index is 930. The number of hydrogen-bond donors (Lipinski definition) is 2. The predicted molar refractivity (Wildman–Crippen MR) is 106 cm³/mol. The van der Waals surface area contributed by atoms with Crippen LogP contribution < -0.4 is 15.6 Å². The van der Waals surface area contributed by atoms with Gasteiger partial charge < -0.3 is 10.1 Å². The van der Waals surface area contributed by atoms with Crippen LogP contribution in [0.5, 0.6) is 0 Å². The molecule has 2 aromatic rings. The number of thiophene rings is 1. The van der Waals surface area contributed by atoms with Crippen LogP contribution in [0.15, 0.2) is 14.3 Å². The summed E-state index contributed by atoms with van der Waals surface area (Å²) >= 11 is 2.59. The molecule has 3 rings (SSSR count). The predicted octanol–water partition coefficient (Wildman–Crippen LogP) is 2.42. The Morgan fingerprint density at radius 3 is 2.75 bits per heavy atom. The second-order valence-electron chi connectivity index (χ2n) is 6.61. The van der Waals surface area contributed by atoms with E-state index in [4.69, 9.17) is 9.26 Å². The van der Waals surface area contributed by atoms with Crippen LogP contribution in [-0.2, 0) is 29.4 Å². The average molecular weight is 427 g/mol. The minimum absolute atomic E-state index is 0.255. The molecule has 10 heteroatoms.